The summed E-state index contributed by atoms with van der Waals surface area (Å²) in [5.74, 6) is -1.36. The second-order valence-corrected chi connectivity index (χ2v) is 8.42. The summed E-state index contributed by atoms with van der Waals surface area (Å²) in [7, 11) is 1.57. The number of aromatic nitrogens is 2. The van der Waals surface area contributed by atoms with Gasteiger partial charge in [-0.1, -0.05) is 13.0 Å². The van der Waals surface area contributed by atoms with E-state index >= 15 is 0 Å². The summed E-state index contributed by atoms with van der Waals surface area (Å²) >= 11 is 0. The molecule has 0 saturated carbocycles. The van der Waals surface area contributed by atoms with Crippen molar-refractivity contribution in [2.24, 2.45) is 0 Å². The molecule has 35 heavy (non-hydrogen) atoms. The van der Waals surface area contributed by atoms with Crippen molar-refractivity contribution >= 4 is 23.4 Å². The Balaban J connectivity index is 1.85. The van der Waals surface area contributed by atoms with Crippen molar-refractivity contribution in [2.75, 3.05) is 36.6 Å². The monoisotopic (exact) mass is 483 g/mol. The highest BCUT2D eigenvalue weighted by Crippen LogP contribution is 2.45. The molecule has 1 aromatic heterocycles. The Kier molecular flexibility index (Phi) is 6.58. The van der Waals surface area contributed by atoms with E-state index in [2.05, 4.69) is 9.97 Å². The lowest BCUT2D eigenvalue weighted by atomic mass is 9.91. The highest BCUT2D eigenvalue weighted by molar-refractivity contribution is 6.04. The van der Waals surface area contributed by atoms with Gasteiger partial charge in [-0.15, -0.1) is 0 Å². The molecule has 0 fully saturated rings. The van der Waals surface area contributed by atoms with Crippen molar-refractivity contribution in [3.05, 3.63) is 59.3 Å². The van der Waals surface area contributed by atoms with E-state index in [4.69, 9.17) is 20.9 Å². The molecule has 0 bridgehead atoms. The Morgan fingerprint density at radius 3 is 2.49 bits per heavy atom. The van der Waals surface area contributed by atoms with Gasteiger partial charge in [0.15, 0.2) is 0 Å². The standard InChI is InChI=1S/C25H27F2N5O3/c1-4-18-21(22(28)31-24(29)30-18)14-6-7-20-19(10-14)32(8-5-9-34-3)23(33)25(2,35-20)15-11-16(26)13-17(27)12-15/h6-7,10-13H,4-5,8-9H2,1-3H3,(H4,28,29,30,31)/t25-/m0/s1. The van der Waals surface area contributed by atoms with Gasteiger partial charge in [-0.05, 0) is 49.6 Å². The number of aryl methyl sites for hydroxylation is 1. The molecule has 4 N–H and O–H groups in total. The number of nitrogens with zero attached hydrogens (tertiary/aromatic N) is 3. The van der Waals surface area contributed by atoms with Crippen molar-refractivity contribution in [2.45, 2.75) is 32.3 Å². The van der Waals surface area contributed by atoms with Gasteiger partial charge in [-0.2, -0.15) is 4.98 Å². The van der Waals surface area contributed by atoms with Crippen LogP contribution in [0.1, 0.15) is 31.5 Å². The number of methoxy groups -OCH3 is 1. The van der Waals surface area contributed by atoms with E-state index in [0.717, 1.165) is 18.2 Å². The van der Waals surface area contributed by atoms with Gasteiger partial charge < -0.3 is 25.8 Å². The number of ether oxygens (including phenoxy) is 2. The van der Waals surface area contributed by atoms with Crippen LogP contribution in [-0.4, -0.2) is 36.1 Å². The van der Waals surface area contributed by atoms with E-state index in [-0.39, 0.29) is 17.3 Å². The summed E-state index contributed by atoms with van der Waals surface area (Å²) in [6.45, 7) is 4.15. The summed E-state index contributed by atoms with van der Waals surface area (Å²) in [5.41, 5.74) is 12.9. The number of anilines is 3. The highest BCUT2D eigenvalue weighted by atomic mass is 19.1. The van der Waals surface area contributed by atoms with Gasteiger partial charge >= 0.3 is 0 Å². The van der Waals surface area contributed by atoms with Gasteiger partial charge in [0.2, 0.25) is 11.5 Å². The van der Waals surface area contributed by atoms with Crippen molar-refractivity contribution in [1.82, 2.24) is 9.97 Å². The van der Waals surface area contributed by atoms with E-state index in [1.807, 2.05) is 6.92 Å². The van der Waals surface area contributed by atoms with Gasteiger partial charge in [-0.3, -0.25) is 4.79 Å². The molecule has 10 heteroatoms. The molecular weight excluding hydrogens is 456 g/mol. The molecule has 0 radical (unpaired) electrons. The number of hydrogen-bond donors (Lipinski definition) is 2. The first-order valence-electron chi connectivity index (χ1n) is 11.2. The molecule has 3 aromatic rings. The summed E-state index contributed by atoms with van der Waals surface area (Å²) in [5, 5.41) is 0. The van der Waals surface area contributed by atoms with Gasteiger partial charge in [-0.25, -0.2) is 13.8 Å². The van der Waals surface area contributed by atoms with E-state index in [9.17, 15) is 13.6 Å². The van der Waals surface area contributed by atoms with Crippen LogP contribution < -0.4 is 21.1 Å². The minimum absolute atomic E-state index is 0.0796. The van der Waals surface area contributed by atoms with E-state index in [0.29, 0.717) is 54.3 Å². The Morgan fingerprint density at radius 2 is 1.83 bits per heavy atom. The fourth-order valence-electron chi connectivity index (χ4n) is 4.32. The molecule has 1 amide bonds. The molecule has 1 aliphatic heterocycles. The number of hydrogen-bond acceptors (Lipinski definition) is 7. The number of halogens is 2. The molecule has 184 valence electrons. The zero-order valence-corrected chi connectivity index (χ0v) is 19.8. The Morgan fingerprint density at radius 1 is 1.11 bits per heavy atom. The summed E-state index contributed by atoms with van der Waals surface area (Å²) in [4.78, 5) is 23.7. The van der Waals surface area contributed by atoms with Crippen LogP contribution in [0.4, 0.5) is 26.2 Å². The molecule has 4 rings (SSSR count). The van der Waals surface area contributed by atoms with Crippen LogP contribution in [-0.2, 0) is 21.6 Å². The predicted molar refractivity (Wildman–Crippen MR) is 129 cm³/mol. The SMILES string of the molecule is CCc1nc(N)nc(N)c1-c1ccc2c(c1)N(CCCOC)C(=O)[C@](C)(c1cc(F)cc(F)c1)O2. The van der Waals surface area contributed by atoms with Crippen LogP contribution in [0.5, 0.6) is 5.75 Å². The molecule has 8 nitrogen and oxygen atoms in total. The zero-order valence-electron chi connectivity index (χ0n) is 19.8. The smallest absolute Gasteiger partial charge is 0.275 e. The lowest BCUT2D eigenvalue weighted by Gasteiger charge is -2.41. The van der Waals surface area contributed by atoms with Crippen molar-refractivity contribution in [3.8, 4) is 16.9 Å². The number of nitrogens with two attached hydrogens (primary N) is 2. The van der Waals surface area contributed by atoms with Crippen LogP contribution in [0.25, 0.3) is 11.1 Å². The summed E-state index contributed by atoms with van der Waals surface area (Å²) in [6.07, 6.45) is 1.10. The molecular formula is C25H27F2N5O3. The minimum Gasteiger partial charge on any atom is -0.471 e. The third kappa shape index (κ3) is 4.49. The minimum atomic E-state index is -1.64. The maximum atomic E-state index is 14.0. The molecule has 1 aliphatic rings. The first-order valence-corrected chi connectivity index (χ1v) is 11.2. The van der Waals surface area contributed by atoms with Crippen LogP contribution in [0.2, 0.25) is 0 Å². The summed E-state index contributed by atoms with van der Waals surface area (Å²) < 4.78 is 39.3. The maximum absolute atomic E-state index is 14.0. The number of rotatable bonds is 7. The van der Waals surface area contributed by atoms with Crippen LogP contribution in [0.15, 0.2) is 36.4 Å². The average Bonchev–Trinajstić information content (AvgIpc) is 2.80. The van der Waals surface area contributed by atoms with Crippen molar-refractivity contribution in [1.29, 1.82) is 0 Å². The molecule has 2 aromatic carbocycles. The van der Waals surface area contributed by atoms with Crippen molar-refractivity contribution in [3.63, 3.8) is 0 Å². The Bertz CT molecular complexity index is 1270. The van der Waals surface area contributed by atoms with Crippen molar-refractivity contribution < 1.29 is 23.0 Å². The number of carbonyl (C=O) groups is 1. The normalized spacial score (nSPS) is 17.3. The van der Waals surface area contributed by atoms with E-state index in [1.165, 1.54) is 6.92 Å². The number of amides is 1. The fraction of sp³-hybridized carbons (Fsp3) is 0.320. The van der Waals surface area contributed by atoms with Gasteiger partial charge in [0.25, 0.3) is 5.91 Å². The van der Waals surface area contributed by atoms with E-state index < -0.39 is 23.1 Å². The molecule has 0 spiro atoms. The number of nitrogen functional groups attached to an aromatic ring is 2. The number of carbonyl (C=O) groups excluding carboxylic acids is 1. The second-order valence-electron chi connectivity index (χ2n) is 8.42. The third-order valence-corrected chi connectivity index (χ3v) is 6.01. The second kappa shape index (κ2) is 9.46. The fourth-order valence-corrected chi connectivity index (χ4v) is 4.32. The maximum Gasteiger partial charge on any atom is 0.275 e. The predicted octanol–water partition coefficient (Wildman–Crippen LogP) is 3.83. The lowest BCUT2D eigenvalue weighted by Crippen LogP contribution is -2.52. The summed E-state index contributed by atoms with van der Waals surface area (Å²) in [6, 6.07) is 8.21. The van der Waals surface area contributed by atoms with Gasteiger partial charge in [0, 0.05) is 37.5 Å². The first kappa shape index (κ1) is 24.3. The topological polar surface area (TPSA) is 117 Å². The van der Waals surface area contributed by atoms with Crippen LogP contribution in [0.3, 0.4) is 0 Å². The van der Waals surface area contributed by atoms with Crippen LogP contribution in [0, 0.1) is 11.6 Å². The quantitative estimate of drug-likeness (QED) is 0.491. The molecule has 2 heterocycles. The Labute approximate surface area is 201 Å². The zero-order chi connectivity index (χ0) is 25.3. The molecule has 0 unspecified atom stereocenters. The van der Waals surface area contributed by atoms with Gasteiger partial charge in [0.05, 0.1) is 11.4 Å². The molecule has 0 aliphatic carbocycles. The average molecular weight is 484 g/mol. The molecule has 0 saturated heterocycles. The number of benzene rings is 2. The first-order chi connectivity index (χ1) is 16.7. The highest BCUT2D eigenvalue weighted by Gasteiger charge is 2.46. The Hall–Kier alpha value is -3.79. The van der Waals surface area contributed by atoms with Crippen LogP contribution >= 0.6 is 0 Å². The lowest BCUT2D eigenvalue weighted by molar-refractivity contribution is -0.135. The van der Waals surface area contributed by atoms with E-state index in [1.54, 1.807) is 30.2 Å². The van der Waals surface area contributed by atoms with Gasteiger partial charge in [0.1, 0.15) is 23.2 Å². The largest absolute Gasteiger partial charge is 0.471 e. The third-order valence-electron chi connectivity index (χ3n) is 6.01. The molecule has 1 atom stereocenters. The number of fused-ring (bicyclic) bond motifs is 1.